The van der Waals surface area contributed by atoms with Crippen molar-refractivity contribution in [3.63, 3.8) is 0 Å². The zero-order chi connectivity index (χ0) is 13.9. The molecule has 3 aromatic rings. The second-order valence-electron chi connectivity index (χ2n) is 4.84. The lowest BCUT2D eigenvalue weighted by Crippen LogP contribution is -2.10. The molecule has 0 aliphatic heterocycles. The minimum absolute atomic E-state index is 0.659. The van der Waals surface area contributed by atoms with Crippen LogP contribution in [0.5, 0.6) is 0 Å². The average molecular weight is 267 g/mol. The zero-order valence-corrected chi connectivity index (χ0v) is 11.4. The van der Waals surface area contributed by atoms with Crippen LogP contribution in [0, 0.1) is 0 Å². The minimum atomic E-state index is -0.659. The minimum Gasteiger partial charge on any atom is -0.382 e. The fourth-order valence-electron chi connectivity index (χ4n) is 2.41. The van der Waals surface area contributed by atoms with Gasteiger partial charge in [-0.25, -0.2) is 0 Å². The zero-order valence-electron chi connectivity index (χ0n) is 11.4. The quantitative estimate of drug-likeness (QED) is 0.790. The van der Waals surface area contributed by atoms with E-state index in [4.69, 9.17) is 0 Å². The van der Waals surface area contributed by atoms with Gasteiger partial charge in [-0.2, -0.15) is 5.10 Å². The Hall–Kier alpha value is -2.20. The Kier molecular flexibility index (Phi) is 3.48. The summed E-state index contributed by atoms with van der Waals surface area (Å²) >= 11 is 0. The lowest BCUT2D eigenvalue weighted by molar-refractivity contribution is 0.207. The molecule has 0 aliphatic rings. The second-order valence-corrected chi connectivity index (χ2v) is 4.84. The Balaban J connectivity index is 1.99. The van der Waals surface area contributed by atoms with Crippen LogP contribution in [0.3, 0.4) is 0 Å². The van der Waals surface area contributed by atoms with E-state index in [2.05, 4.69) is 17.0 Å². The first-order chi connectivity index (χ1) is 9.79. The van der Waals surface area contributed by atoms with Crippen LogP contribution >= 0.6 is 0 Å². The maximum Gasteiger partial charge on any atom is 0.121 e. The van der Waals surface area contributed by atoms with Crippen molar-refractivity contribution in [2.24, 2.45) is 0 Å². The van der Waals surface area contributed by atoms with Crippen molar-refractivity contribution < 1.29 is 5.11 Å². The first-order valence-electron chi connectivity index (χ1n) is 6.84. The van der Waals surface area contributed by atoms with Crippen LogP contribution in [-0.2, 0) is 6.54 Å². The number of benzene rings is 1. The Morgan fingerprint density at radius 2 is 2.10 bits per heavy atom. The summed E-state index contributed by atoms with van der Waals surface area (Å²) in [6, 6.07) is 11.6. The molecule has 102 valence electrons. The SMILES string of the molecule is CCCn1nccc1C(O)c1ccc2ncccc2c1. The predicted octanol–water partition coefficient (Wildman–Crippen LogP) is 2.92. The molecule has 0 radical (unpaired) electrons. The maximum atomic E-state index is 10.6. The molecule has 1 aromatic carbocycles. The van der Waals surface area contributed by atoms with E-state index >= 15 is 0 Å². The molecule has 4 nitrogen and oxygen atoms in total. The summed E-state index contributed by atoms with van der Waals surface area (Å²) in [6.45, 7) is 2.91. The molecule has 0 saturated carbocycles. The van der Waals surface area contributed by atoms with Crippen molar-refractivity contribution in [1.82, 2.24) is 14.8 Å². The van der Waals surface area contributed by atoms with Crippen LogP contribution in [0.15, 0.2) is 48.8 Å². The fourth-order valence-corrected chi connectivity index (χ4v) is 2.41. The topological polar surface area (TPSA) is 50.9 Å². The molecule has 20 heavy (non-hydrogen) atoms. The van der Waals surface area contributed by atoms with Gasteiger partial charge < -0.3 is 5.11 Å². The third-order valence-electron chi connectivity index (χ3n) is 3.41. The van der Waals surface area contributed by atoms with Gasteiger partial charge in [0.15, 0.2) is 0 Å². The van der Waals surface area contributed by atoms with E-state index in [1.165, 1.54) is 0 Å². The highest BCUT2D eigenvalue weighted by atomic mass is 16.3. The summed E-state index contributed by atoms with van der Waals surface area (Å²) in [5.74, 6) is 0. The van der Waals surface area contributed by atoms with E-state index in [0.717, 1.165) is 35.1 Å². The monoisotopic (exact) mass is 267 g/mol. The summed E-state index contributed by atoms with van der Waals surface area (Å²) in [5, 5.41) is 15.9. The number of aliphatic hydroxyl groups excluding tert-OH is 1. The summed E-state index contributed by atoms with van der Waals surface area (Å²) in [5.41, 5.74) is 2.63. The van der Waals surface area contributed by atoms with E-state index in [1.54, 1.807) is 12.4 Å². The number of rotatable bonds is 4. The Bertz CT molecular complexity index is 720. The number of aliphatic hydroxyl groups is 1. The largest absolute Gasteiger partial charge is 0.382 e. The van der Waals surface area contributed by atoms with E-state index in [-0.39, 0.29) is 0 Å². The molecule has 2 aromatic heterocycles. The third-order valence-corrected chi connectivity index (χ3v) is 3.41. The summed E-state index contributed by atoms with van der Waals surface area (Å²) in [6.07, 6.45) is 3.84. The van der Waals surface area contributed by atoms with E-state index < -0.39 is 6.10 Å². The molecule has 1 atom stereocenters. The number of pyridine rings is 1. The van der Waals surface area contributed by atoms with Gasteiger partial charge in [-0.1, -0.05) is 19.1 Å². The Morgan fingerprint density at radius 3 is 2.95 bits per heavy atom. The molecule has 2 heterocycles. The highest BCUT2D eigenvalue weighted by molar-refractivity contribution is 5.79. The van der Waals surface area contributed by atoms with Crippen LogP contribution in [0.2, 0.25) is 0 Å². The number of fused-ring (bicyclic) bond motifs is 1. The Morgan fingerprint density at radius 1 is 1.20 bits per heavy atom. The summed E-state index contributed by atoms with van der Waals surface area (Å²) < 4.78 is 1.86. The van der Waals surface area contributed by atoms with Crippen molar-refractivity contribution in [3.8, 4) is 0 Å². The maximum absolute atomic E-state index is 10.6. The number of aromatic nitrogens is 3. The second kappa shape index (κ2) is 5.43. The molecule has 0 amide bonds. The molecule has 0 saturated heterocycles. The molecule has 0 aliphatic carbocycles. The van der Waals surface area contributed by atoms with Gasteiger partial charge in [0.2, 0.25) is 0 Å². The lowest BCUT2D eigenvalue weighted by atomic mass is 10.0. The van der Waals surface area contributed by atoms with E-state index in [9.17, 15) is 5.11 Å². The molecular formula is C16H17N3O. The highest BCUT2D eigenvalue weighted by Crippen LogP contribution is 2.24. The average Bonchev–Trinajstić information content (AvgIpc) is 2.94. The van der Waals surface area contributed by atoms with E-state index in [1.807, 2.05) is 41.1 Å². The van der Waals surface area contributed by atoms with Crippen LogP contribution in [-0.4, -0.2) is 19.9 Å². The molecule has 1 unspecified atom stereocenters. The standard InChI is InChI=1S/C16H17N3O/c1-2-10-19-15(7-9-18-19)16(20)13-5-6-14-12(11-13)4-3-8-17-14/h3-9,11,16,20H,2,10H2,1H3. The number of aryl methyl sites for hydroxylation is 1. The van der Waals surface area contributed by atoms with Crippen LogP contribution in [0.1, 0.15) is 30.7 Å². The normalized spacial score (nSPS) is 12.7. The smallest absolute Gasteiger partial charge is 0.121 e. The van der Waals surface area contributed by atoms with Gasteiger partial charge in [0, 0.05) is 24.3 Å². The summed E-state index contributed by atoms with van der Waals surface area (Å²) in [7, 11) is 0. The molecule has 1 N–H and O–H groups in total. The number of hydrogen-bond donors (Lipinski definition) is 1. The molecule has 4 heteroatoms. The predicted molar refractivity (Wildman–Crippen MR) is 78.3 cm³/mol. The van der Waals surface area contributed by atoms with Gasteiger partial charge in [0.25, 0.3) is 0 Å². The molecule has 0 fully saturated rings. The molecule has 0 bridgehead atoms. The van der Waals surface area contributed by atoms with Gasteiger partial charge in [0.05, 0.1) is 11.2 Å². The first-order valence-corrected chi connectivity index (χ1v) is 6.84. The van der Waals surface area contributed by atoms with Crippen LogP contribution in [0.4, 0.5) is 0 Å². The molecule has 3 rings (SSSR count). The summed E-state index contributed by atoms with van der Waals surface area (Å²) in [4.78, 5) is 4.29. The number of nitrogens with zero attached hydrogens (tertiary/aromatic N) is 3. The van der Waals surface area contributed by atoms with Gasteiger partial charge in [-0.15, -0.1) is 0 Å². The third kappa shape index (κ3) is 2.30. The van der Waals surface area contributed by atoms with E-state index in [0.29, 0.717) is 0 Å². The van der Waals surface area contributed by atoms with Gasteiger partial charge in [0.1, 0.15) is 6.10 Å². The lowest BCUT2D eigenvalue weighted by Gasteiger charge is -2.14. The first kappa shape index (κ1) is 12.8. The number of hydrogen-bond acceptors (Lipinski definition) is 3. The Labute approximate surface area is 117 Å². The van der Waals surface area contributed by atoms with Crippen molar-refractivity contribution in [2.75, 3.05) is 0 Å². The fraction of sp³-hybridized carbons (Fsp3) is 0.250. The van der Waals surface area contributed by atoms with Gasteiger partial charge in [-0.3, -0.25) is 9.67 Å². The van der Waals surface area contributed by atoms with Crippen molar-refractivity contribution >= 4 is 10.9 Å². The van der Waals surface area contributed by atoms with Gasteiger partial charge >= 0.3 is 0 Å². The van der Waals surface area contributed by atoms with Crippen molar-refractivity contribution in [1.29, 1.82) is 0 Å². The van der Waals surface area contributed by atoms with Crippen molar-refractivity contribution in [2.45, 2.75) is 26.0 Å². The van der Waals surface area contributed by atoms with Crippen LogP contribution < -0.4 is 0 Å². The highest BCUT2D eigenvalue weighted by Gasteiger charge is 2.15. The van der Waals surface area contributed by atoms with Crippen molar-refractivity contribution in [3.05, 3.63) is 60.0 Å². The molecule has 0 spiro atoms. The molecular weight excluding hydrogens is 250 g/mol. The van der Waals surface area contributed by atoms with Crippen LogP contribution in [0.25, 0.3) is 10.9 Å². The van der Waals surface area contributed by atoms with Gasteiger partial charge in [-0.05, 0) is 36.2 Å².